The average molecular weight is 430 g/mol. The Morgan fingerprint density at radius 3 is 2.17 bits per heavy atom. The Bertz CT molecular complexity index is 1020. The zero-order valence-corrected chi connectivity index (χ0v) is 18.2. The first-order chi connectivity index (χ1) is 14.2. The number of piperidine rings is 1. The zero-order chi connectivity index (χ0) is 21.9. The highest BCUT2D eigenvalue weighted by molar-refractivity contribution is 7.89. The van der Waals surface area contributed by atoms with Crippen molar-refractivity contribution in [2.24, 2.45) is 0 Å². The summed E-state index contributed by atoms with van der Waals surface area (Å²) in [4.78, 5) is 23.9. The molecule has 1 aliphatic heterocycles. The predicted octanol–water partition coefficient (Wildman–Crippen LogP) is 3.85. The molecule has 1 heterocycles. The molecule has 1 aliphatic rings. The van der Waals surface area contributed by atoms with Crippen molar-refractivity contribution in [2.75, 3.05) is 10.6 Å². The molecule has 2 atom stereocenters. The van der Waals surface area contributed by atoms with Crippen LogP contribution < -0.4 is 10.6 Å². The van der Waals surface area contributed by atoms with E-state index >= 15 is 0 Å². The van der Waals surface area contributed by atoms with Crippen LogP contribution in [0.3, 0.4) is 0 Å². The lowest BCUT2D eigenvalue weighted by molar-refractivity contribution is -0.114. The van der Waals surface area contributed by atoms with E-state index < -0.39 is 10.0 Å². The van der Waals surface area contributed by atoms with Gasteiger partial charge in [-0.2, -0.15) is 4.31 Å². The second kappa shape index (κ2) is 8.97. The SMILES string of the molecule is CC(=O)Nc1cccc(C(=O)Nc2ccc(S(=O)(=O)N3[C@@H](C)CCC[C@@H]3C)cc2)c1. The molecule has 160 valence electrons. The van der Waals surface area contributed by atoms with Gasteiger partial charge in [-0.05, 0) is 69.2 Å². The standard InChI is InChI=1S/C22H27N3O4S/c1-15-6-4-7-16(2)25(15)30(28,29)21-12-10-19(11-13-21)24-22(27)18-8-5-9-20(14-18)23-17(3)26/h5,8-16H,4,6-7H2,1-3H3,(H,23,26)(H,24,27)/t15-,16-/m0/s1. The van der Waals surface area contributed by atoms with E-state index in [1.165, 1.54) is 19.1 Å². The third-order valence-corrected chi connectivity index (χ3v) is 7.39. The monoisotopic (exact) mass is 429 g/mol. The molecule has 2 N–H and O–H groups in total. The van der Waals surface area contributed by atoms with Crippen LogP contribution in [0.25, 0.3) is 0 Å². The number of benzene rings is 2. The number of amides is 2. The van der Waals surface area contributed by atoms with Crippen LogP contribution in [0.4, 0.5) is 11.4 Å². The summed E-state index contributed by atoms with van der Waals surface area (Å²) in [7, 11) is -3.59. The third kappa shape index (κ3) is 4.88. The topological polar surface area (TPSA) is 95.6 Å². The van der Waals surface area contributed by atoms with Crippen molar-refractivity contribution in [2.45, 2.75) is 57.0 Å². The van der Waals surface area contributed by atoms with E-state index in [0.717, 1.165) is 19.3 Å². The van der Waals surface area contributed by atoms with Crippen molar-refractivity contribution < 1.29 is 18.0 Å². The number of carbonyl (C=O) groups excluding carboxylic acids is 2. The van der Waals surface area contributed by atoms with Crippen LogP contribution in [0.1, 0.15) is 50.4 Å². The summed E-state index contributed by atoms with van der Waals surface area (Å²) in [5.74, 6) is -0.571. The molecule has 8 heteroatoms. The molecule has 0 bridgehead atoms. The lowest BCUT2D eigenvalue weighted by Gasteiger charge is -2.37. The van der Waals surface area contributed by atoms with Crippen LogP contribution >= 0.6 is 0 Å². The van der Waals surface area contributed by atoms with E-state index in [-0.39, 0.29) is 28.8 Å². The molecule has 7 nitrogen and oxygen atoms in total. The minimum Gasteiger partial charge on any atom is -0.326 e. The first-order valence-corrected chi connectivity index (χ1v) is 11.4. The number of nitrogens with zero attached hydrogens (tertiary/aromatic N) is 1. The highest BCUT2D eigenvalue weighted by Crippen LogP contribution is 2.30. The van der Waals surface area contributed by atoms with Gasteiger partial charge in [0.25, 0.3) is 5.91 Å². The van der Waals surface area contributed by atoms with Gasteiger partial charge in [0.05, 0.1) is 4.90 Å². The molecule has 0 saturated carbocycles. The number of nitrogens with one attached hydrogen (secondary N) is 2. The Morgan fingerprint density at radius 1 is 0.933 bits per heavy atom. The van der Waals surface area contributed by atoms with Crippen LogP contribution in [-0.2, 0) is 14.8 Å². The fourth-order valence-electron chi connectivity index (χ4n) is 3.85. The van der Waals surface area contributed by atoms with Gasteiger partial charge in [0.2, 0.25) is 15.9 Å². The van der Waals surface area contributed by atoms with Gasteiger partial charge in [-0.25, -0.2) is 8.42 Å². The fraction of sp³-hybridized carbons (Fsp3) is 0.364. The van der Waals surface area contributed by atoms with Crippen molar-refractivity contribution >= 4 is 33.2 Å². The maximum atomic E-state index is 13.1. The average Bonchev–Trinajstić information content (AvgIpc) is 2.68. The van der Waals surface area contributed by atoms with Crippen molar-refractivity contribution in [1.82, 2.24) is 4.31 Å². The van der Waals surface area contributed by atoms with E-state index in [2.05, 4.69) is 10.6 Å². The summed E-state index contributed by atoms with van der Waals surface area (Å²) in [5.41, 5.74) is 1.40. The summed E-state index contributed by atoms with van der Waals surface area (Å²) in [6, 6.07) is 12.7. The van der Waals surface area contributed by atoms with Crippen molar-refractivity contribution in [3.63, 3.8) is 0 Å². The van der Waals surface area contributed by atoms with Crippen LogP contribution in [-0.4, -0.2) is 36.6 Å². The van der Waals surface area contributed by atoms with Crippen molar-refractivity contribution in [3.05, 3.63) is 54.1 Å². The molecule has 0 aliphatic carbocycles. The number of hydrogen-bond donors (Lipinski definition) is 2. The van der Waals surface area contributed by atoms with Gasteiger partial charge in [0, 0.05) is 35.9 Å². The second-order valence-electron chi connectivity index (χ2n) is 7.70. The Balaban J connectivity index is 1.74. The molecule has 0 aromatic heterocycles. The van der Waals surface area contributed by atoms with E-state index in [4.69, 9.17) is 0 Å². The van der Waals surface area contributed by atoms with E-state index in [1.807, 2.05) is 13.8 Å². The maximum Gasteiger partial charge on any atom is 0.255 e. The lowest BCUT2D eigenvalue weighted by atomic mass is 10.0. The number of carbonyl (C=O) groups is 2. The molecule has 1 saturated heterocycles. The number of anilines is 2. The highest BCUT2D eigenvalue weighted by atomic mass is 32.2. The molecule has 30 heavy (non-hydrogen) atoms. The first kappa shape index (κ1) is 22.0. The smallest absolute Gasteiger partial charge is 0.255 e. The molecule has 0 unspecified atom stereocenters. The van der Waals surface area contributed by atoms with Gasteiger partial charge in [-0.1, -0.05) is 12.5 Å². The summed E-state index contributed by atoms with van der Waals surface area (Å²) < 4.78 is 27.8. The maximum absolute atomic E-state index is 13.1. The summed E-state index contributed by atoms with van der Waals surface area (Å²) >= 11 is 0. The summed E-state index contributed by atoms with van der Waals surface area (Å²) in [5, 5.41) is 5.39. The molecular weight excluding hydrogens is 402 g/mol. The summed E-state index contributed by atoms with van der Waals surface area (Å²) in [6.45, 7) is 5.28. The van der Waals surface area contributed by atoms with Gasteiger partial charge < -0.3 is 10.6 Å². The van der Waals surface area contributed by atoms with Crippen LogP contribution in [0.2, 0.25) is 0 Å². The molecule has 2 aromatic rings. The van der Waals surface area contributed by atoms with E-state index in [1.54, 1.807) is 40.7 Å². The molecule has 0 radical (unpaired) electrons. The normalized spacial score (nSPS) is 19.8. The quantitative estimate of drug-likeness (QED) is 0.755. The third-order valence-electron chi connectivity index (χ3n) is 5.25. The fourth-order valence-corrected chi connectivity index (χ4v) is 5.73. The van der Waals surface area contributed by atoms with Crippen LogP contribution in [0, 0.1) is 0 Å². The molecular formula is C22H27N3O4S. The summed E-state index contributed by atoms with van der Waals surface area (Å²) in [6.07, 6.45) is 2.74. The van der Waals surface area contributed by atoms with Gasteiger partial charge >= 0.3 is 0 Å². The van der Waals surface area contributed by atoms with Gasteiger partial charge in [-0.15, -0.1) is 0 Å². The zero-order valence-electron chi connectivity index (χ0n) is 17.4. The minimum atomic E-state index is -3.59. The molecule has 2 amide bonds. The van der Waals surface area contributed by atoms with Crippen molar-refractivity contribution in [1.29, 1.82) is 0 Å². The number of hydrogen-bond acceptors (Lipinski definition) is 4. The van der Waals surface area contributed by atoms with E-state index in [0.29, 0.717) is 16.9 Å². The second-order valence-corrected chi connectivity index (χ2v) is 9.55. The molecule has 2 aromatic carbocycles. The molecule has 1 fully saturated rings. The first-order valence-electron chi connectivity index (χ1n) is 10.0. The Hall–Kier alpha value is -2.71. The van der Waals surface area contributed by atoms with Crippen molar-refractivity contribution in [3.8, 4) is 0 Å². The molecule has 0 spiro atoms. The largest absolute Gasteiger partial charge is 0.326 e. The lowest BCUT2D eigenvalue weighted by Crippen LogP contribution is -2.47. The minimum absolute atomic E-state index is 0.0333. The highest BCUT2D eigenvalue weighted by Gasteiger charge is 2.35. The number of sulfonamides is 1. The van der Waals surface area contributed by atoms with E-state index in [9.17, 15) is 18.0 Å². The van der Waals surface area contributed by atoms with Gasteiger partial charge in [0.1, 0.15) is 0 Å². The predicted molar refractivity (Wildman–Crippen MR) is 117 cm³/mol. The Kier molecular flexibility index (Phi) is 6.58. The Labute approximate surface area is 177 Å². The van der Waals surface area contributed by atoms with Crippen LogP contribution in [0.15, 0.2) is 53.4 Å². The number of rotatable bonds is 5. The van der Waals surface area contributed by atoms with Crippen LogP contribution in [0.5, 0.6) is 0 Å². The molecule has 3 rings (SSSR count). The van der Waals surface area contributed by atoms with Gasteiger partial charge in [-0.3, -0.25) is 9.59 Å². The Morgan fingerprint density at radius 2 is 1.57 bits per heavy atom. The van der Waals surface area contributed by atoms with Gasteiger partial charge in [0.15, 0.2) is 0 Å².